The molecule has 0 aromatic heterocycles. The first-order valence-corrected chi connectivity index (χ1v) is 9.29. The highest BCUT2D eigenvalue weighted by atomic mass is 32.2. The highest BCUT2D eigenvalue weighted by molar-refractivity contribution is 7.92. The Bertz CT molecular complexity index is 865. The second-order valence-electron chi connectivity index (χ2n) is 5.29. The molecule has 0 spiro atoms. The lowest BCUT2D eigenvalue weighted by atomic mass is 10.1. The van der Waals surface area contributed by atoms with Crippen LogP contribution >= 0.6 is 0 Å². The summed E-state index contributed by atoms with van der Waals surface area (Å²) in [6, 6.07) is 11.6. The molecule has 134 valence electrons. The Balaban J connectivity index is 2.12. The number of para-hydroxylation sites is 1. The number of methoxy groups -OCH3 is 2. The summed E-state index contributed by atoms with van der Waals surface area (Å²) in [5, 5.41) is 2.78. The number of benzene rings is 2. The number of ether oxygens (including phenoxy) is 2. The molecule has 2 aromatic carbocycles. The van der Waals surface area contributed by atoms with Crippen LogP contribution in [-0.2, 0) is 16.6 Å². The Morgan fingerprint density at radius 2 is 1.80 bits per heavy atom. The normalized spacial score (nSPS) is 10.8. The molecule has 2 rings (SSSR count). The predicted octanol–water partition coefficient (Wildman–Crippen LogP) is 2.01. The number of nitrogens with one attached hydrogen (secondary N) is 2. The summed E-state index contributed by atoms with van der Waals surface area (Å²) in [5.74, 6) is 0.799. The van der Waals surface area contributed by atoms with Gasteiger partial charge in [0, 0.05) is 23.4 Å². The minimum atomic E-state index is -3.40. The SMILES string of the molecule is COc1cccc(CNC(=O)c2cccc(NS(C)(=O)=O)c2)c1OC. The summed E-state index contributed by atoms with van der Waals surface area (Å²) < 4.78 is 35.5. The number of rotatable bonds is 7. The maximum absolute atomic E-state index is 12.3. The summed E-state index contributed by atoms with van der Waals surface area (Å²) >= 11 is 0. The molecule has 0 aliphatic heterocycles. The third kappa shape index (κ3) is 5.12. The van der Waals surface area contributed by atoms with Gasteiger partial charge in [-0.25, -0.2) is 8.42 Å². The quantitative estimate of drug-likeness (QED) is 0.784. The van der Waals surface area contributed by atoms with Gasteiger partial charge in [0.05, 0.1) is 20.5 Å². The standard InChI is InChI=1S/C17H20N2O5S/c1-23-15-9-5-7-13(16(15)24-2)11-18-17(20)12-6-4-8-14(10-12)19-25(3,21)22/h4-10,19H,11H2,1-3H3,(H,18,20). The number of anilines is 1. The van der Waals surface area contributed by atoms with Gasteiger partial charge < -0.3 is 14.8 Å². The van der Waals surface area contributed by atoms with Crippen molar-refractivity contribution in [1.82, 2.24) is 5.32 Å². The number of carbonyl (C=O) groups is 1. The van der Waals surface area contributed by atoms with E-state index >= 15 is 0 Å². The lowest BCUT2D eigenvalue weighted by Gasteiger charge is -2.13. The monoisotopic (exact) mass is 364 g/mol. The highest BCUT2D eigenvalue weighted by Gasteiger charge is 2.12. The number of hydrogen-bond donors (Lipinski definition) is 2. The summed E-state index contributed by atoms with van der Waals surface area (Å²) in [6.07, 6.45) is 1.05. The van der Waals surface area contributed by atoms with Gasteiger partial charge in [-0.3, -0.25) is 9.52 Å². The van der Waals surface area contributed by atoms with Crippen molar-refractivity contribution in [3.63, 3.8) is 0 Å². The number of carbonyl (C=O) groups excluding carboxylic acids is 1. The summed E-state index contributed by atoms with van der Waals surface area (Å²) in [6.45, 7) is 0.239. The van der Waals surface area contributed by atoms with Crippen LogP contribution in [-0.4, -0.2) is 34.8 Å². The van der Waals surface area contributed by atoms with Crippen molar-refractivity contribution in [2.24, 2.45) is 0 Å². The maximum Gasteiger partial charge on any atom is 0.251 e. The lowest BCUT2D eigenvalue weighted by molar-refractivity contribution is 0.0950. The van der Waals surface area contributed by atoms with Gasteiger partial charge in [-0.05, 0) is 24.3 Å². The van der Waals surface area contributed by atoms with E-state index in [0.717, 1.165) is 11.8 Å². The van der Waals surface area contributed by atoms with Crippen molar-refractivity contribution in [2.75, 3.05) is 25.2 Å². The van der Waals surface area contributed by atoms with Crippen LogP contribution in [0.15, 0.2) is 42.5 Å². The van der Waals surface area contributed by atoms with Crippen molar-refractivity contribution in [1.29, 1.82) is 0 Å². The molecule has 0 fully saturated rings. The van der Waals surface area contributed by atoms with E-state index in [-0.39, 0.29) is 12.5 Å². The summed E-state index contributed by atoms with van der Waals surface area (Å²) in [7, 11) is -0.330. The van der Waals surface area contributed by atoms with Crippen LogP contribution in [0.25, 0.3) is 0 Å². The molecule has 25 heavy (non-hydrogen) atoms. The first kappa shape index (κ1) is 18.6. The van der Waals surface area contributed by atoms with E-state index in [2.05, 4.69) is 10.0 Å². The third-order valence-corrected chi connectivity index (χ3v) is 3.96. The molecule has 1 amide bonds. The fourth-order valence-corrected chi connectivity index (χ4v) is 2.86. The zero-order chi connectivity index (χ0) is 18.4. The van der Waals surface area contributed by atoms with Crippen LogP contribution < -0.4 is 19.5 Å². The van der Waals surface area contributed by atoms with Gasteiger partial charge in [-0.2, -0.15) is 0 Å². The smallest absolute Gasteiger partial charge is 0.251 e. The first-order valence-electron chi connectivity index (χ1n) is 7.40. The van der Waals surface area contributed by atoms with Gasteiger partial charge >= 0.3 is 0 Å². The minimum absolute atomic E-state index is 0.239. The number of sulfonamides is 1. The van der Waals surface area contributed by atoms with E-state index in [1.165, 1.54) is 13.2 Å². The van der Waals surface area contributed by atoms with E-state index in [4.69, 9.17) is 9.47 Å². The Hall–Kier alpha value is -2.74. The summed E-state index contributed by atoms with van der Waals surface area (Å²) in [5.41, 5.74) is 1.44. The van der Waals surface area contributed by atoms with Crippen molar-refractivity contribution < 1.29 is 22.7 Å². The number of hydrogen-bond acceptors (Lipinski definition) is 5. The second-order valence-corrected chi connectivity index (χ2v) is 7.04. The molecule has 2 N–H and O–H groups in total. The van der Waals surface area contributed by atoms with E-state index in [0.29, 0.717) is 22.7 Å². The van der Waals surface area contributed by atoms with Crippen molar-refractivity contribution in [3.05, 3.63) is 53.6 Å². The molecule has 0 saturated heterocycles. The van der Waals surface area contributed by atoms with Crippen molar-refractivity contribution >= 4 is 21.6 Å². The Labute approximate surface area is 147 Å². The Morgan fingerprint density at radius 3 is 2.44 bits per heavy atom. The molecule has 0 aliphatic carbocycles. The van der Waals surface area contributed by atoms with Gasteiger partial charge in [0.2, 0.25) is 10.0 Å². The van der Waals surface area contributed by atoms with Crippen molar-refractivity contribution in [2.45, 2.75) is 6.54 Å². The zero-order valence-corrected chi connectivity index (χ0v) is 15.0. The predicted molar refractivity (Wildman–Crippen MR) is 95.6 cm³/mol. The van der Waals surface area contributed by atoms with Gasteiger partial charge in [-0.1, -0.05) is 18.2 Å². The van der Waals surface area contributed by atoms with Crippen LogP contribution in [0.3, 0.4) is 0 Å². The highest BCUT2D eigenvalue weighted by Crippen LogP contribution is 2.30. The van der Waals surface area contributed by atoms with Gasteiger partial charge in [0.15, 0.2) is 11.5 Å². The van der Waals surface area contributed by atoms with Crippen LogP contribution in [0.1, 0.15) is 15.9 Å². The Morgan fingerprint density at radius 1 is 1.08 bits per heavy atom. The van der Waals surface area contributed by atoms with E-state index in [1.807, 2.05) is 6.07 Å². The largest absolute Gasteiger partial charge is 0.493 e. The van der Waals surface area contributed by atoms with Crippen LogP contribution in [0, 0.1) is 0 Å². The fourth-order valence-electron chi connectivity index (χ4n) is 2.31. The molecule has 0 heterocycles. The maximum atomic E-state index is 12.3. The molecule has 0 bridgehead atoms. The second kappa shape index (κ2) is 7.89. The molecule has 0 saturated carbocycles. The molecule has 0 radical (unpaired) electrons. The topological polar surface area (TPSA) is 93.7 Å². The van der Waals surface area contributed by atoms with Gasteiger partial charge in [-0.15, -0.1) is 0 Å². The zero-order valence-electron chi connectivity index (χ0n) is 14.2. The van der Waals surface area contributed by atoms with Crippen molar-refractivity contribution in [3.8, 4) is 11.5 Å². The van der Waals surface area contributed by atoms with Gasteiger partial charge in [0.25, 0.3) is 5.91 Å². The van der Waals surface area contributed by atoms with Gasteiger partial charge in [0.1, 0.15) is 0 Å². The Kier molecular flexibility index (Phi) is 5.87. The molecule has 0 aliphatic rings. The average molecular weight is 364 g/mol. The first-order chi connectivity index (χ1) is 11.8. The van der Waals surface area contributed by atoms with Crippen LogP contribution in [0.4, 0.5) is 5.69 Å². The van der Waals surface area contributed by atoms with E-state index in [1.54, 1.807) is 37.4 Å². The molecule has 8 heteroatoms. The third-order valence-electron chi connectivity index (χ3n) is 3.35. The minimum Gasteiger partial charge on any atom is -0.493 e. The molecular weight excluding hydrogens is 344 g/mol. The molecule has 2 aromatic rings. The molecule has 0 atom stereocenters. The molecular formula is C17H20N2O5S. The van der Waals surface area contributed by atoms with E-state index < -0.39 is 10.0 Å². The fraction of sp³-hybridized carbons (Fsp3) is 0.235. The molecule has 0 unspecified atom stereocenters. The number of amides is 1. The van der Waals surface area contributed by atoms with Crippen LogP contribution in [0.2, 0.25) is 0 Å². The molecule has 7 nitrogen and oxygen atoms in total. The van der Waals surface area contributed by atoms with Crippen LogP contribution in [0.5, 0.6) is 11.5 Å². The lowest BCUT2D eigenvalue weighted by Crippen LogP contribution is -2.23. The average Bonchev–Trinajstić information content (AvgIpc) is 2.57. The summed E-state index contributed by atoms with van der Waals surface area (Å²) in [4.78, 5) is 12.3. The van der Waals surface area contributed by atoms with E-state index in [9.17, 15) is 13.2 Å².